The van der Waals surface area contributed by atoms with Crippen molar-refractivity contribution in [3.05, 3.63) is 50.9 Å². The SMILES string of the molecule is CCC(NC(=O)c1csc(CCN)n1)c1ccc(Cl)cc1.Cl. The second-order valence-corrected chi connectivity index (χ2v) is 6.03. The molecule has 0 aliphatic carbocycles. The number of aromatic nitrogens is 1. The minimum atomic E-state index is -0.156. The Bertz CT molecular complexity index is 601. The van der Waals surface area contributed by atoms with Gasteiger partial charge in [-0.1, -0.05) is 30.7 Å². The quantitative estimate of drug-likeness (QED) is 0.827. The summed E-state index contributed by atoms with van der Waals surface area (Å²) < 4.78 is 0. The van der Waals surface area contributed by atoms with E-state index in [4.69, 9.17) is 17.3 Å². The number of nitrogens with zero attached hydrogens (tertiary/aromatic N) is 1. The molecule has 3 N–H and O–H groups in total. The molecular formula is C15H19Cl2N3OS. The van der Waals surface area contributed by atoms with Gasteiger partial charge in [-0.05, 0) is 30.7 Å². The lowest BCUT2D eigenvalue weighted by Crippen LogP contribution is -2.28. The first kappa shape index (κ1) is 18.9. The summed E-state index contributed by atoms with van der Waals surface area (Å²) in [6, 6.07) is 7.46. The summed E-state index contributed by atoms with van der Waals surface area (Å²) in [5.41, 5.74) is 6.98. The van der Waals surface area contributed by atoms with Gasteiger partial charge in [-0.2, -0.15) is 0 Å². The van der Waals surface area contributed by atoms with Crippen molar-refractivity contribution in [2.24, 2.45) is 5.73 Å². The van der Waals surface area contributed by atoms with Crippen LogP contribution in [-0.2, 0) is 6.42 Å². The van der Waals surface area contributed by atoms with Crippen LogP contribution in [0.15, 0.2) is 29.6 Å². The van der Waals surface area contributed by atoms with E-state index in [0.717, 1.165) is 17.0 Å². The first-order chi connectivity index (χ1) is 10.1. The number of nitrogens with one attached hydrogen (secondary N) is 1. The molecule has 0 fully saturated rings. The lowest BCUT2D eigenvalue weighted by atomic mass is 10.0. The van der Waals surface area contributed by atoms with Crippen LogP contribution in [0.3, 0.4) is 0 Å². The fraction of sp³-hybridized carbons (Fsp3) is 0.333. The van der Waals surface area contributed by atoms with Gasteiger partial charge in [0.2, 0.25) is 0 Å². The molecule has 1 amide bonds. The molecule has 0 spiro atoms. The van der Waals surface area contributed by atoms with Crippen molar-refractivity contribution in [3.63, 3.8) is 0 Å². The molecule has 0 radical (unpaired) electrons. The van der Waals surface area contributed by atoms with Gasteiger partial charge in [-0.15, -0.1) is 23.7 Å². The van der Waals surface area contributed by atoms with Crippen LogP contribution >= 0.6 is 35.3 Å². The zero-order valence-corrected chi connectivity index (χ0v) is 14.6. The minimum absolute atomic E-state index is 0. The predicted molar refractivity (Wildman–Crippen MR) is 94.1 cm³/mol. The Morgan fingerprint density at radius 3 is 2.68 bits per heavy atom. The van der Waals surface area contributed by atoms with Gasteiger partial charge in [-0.25, -0.2) is 4.98 Å². The maximum absolute atomic E-state index is 12.2. The number of amides is 1. The zero-order chi connectivity index (χ0) is 15.2. The second kappa shape index (κ2) is 9.10. The molecule has 1 unspecified atom stereocenters. The molecule has 1 heterocycles. The van der Waals surface area contributed by atoms with Gasteiger partial charge in [0.25, 0.3) is 5.91 Å². The van der Waals surface area contributed by atoms with Gasteiger partial charge in [-0.3, -0.25) is 4.79 Å². The summed E-state index contributed by atoms with van der Waals surface area (Å²) in [4.78, 5) is 16.5. The van der Waals surface area contributed by atoms with Crippen LogP contribution in [0, 0.1) is 0 Å². The number of rotatable bonds is 6. The van der Waals surface area contributed by atoms with Crippen molar-refractivity contribution in [2.75, 3.05) is 6.54 Å². The van der Waals surface area contributed by atoms with E-state index in [1.165, 1.54) is 11.3 Å². The van der Waals surface area contributed by atoms with Gasteiger partial charge in [0.05, 0.1) is 11.0 Å². The average Bonchev–Trinajstić information content (AvgIpc) is 2.95. The lowest BCUT2D eigenvalue weighted by Gasteiger charge is -2.16. The molecule has 2 rings (SSSR count). The Balaban J connectivity index is 0.00000242. The highest BCUT2D eigenvalue weighted by Crippen LogP contribution is 2.20. The number of thiazole rings is 1. The average molecular weight is 360 g/mol. The summed E-state index contributed by atoms with van der Waals surface area (Å²) in [7, 11) is 0. The number of hydrogen-bond acceptors (Lipinski definition) is 4. The van der Waals surface area contributed by atoms with Crippen molar-refractivity contribution < 1.29 is 4.79 Å². The van der Waals surface area contributed by atoms with E-state index in [1.54, 1.807) is 5.38 Å². The van der Waals surface area contributed by atoms with E-state index in [9.17, 15) is 4.79 Å². The molecule has 1 aromatic heterocycles. The molecule has 22 heavy (non-hydrogen) atoms. The molecule has 2 aromatic rings. The Hall–Kier alpha value is -1.14. The van der Waals surface area contributed by atoms with E-state index in [1.807, 2.05) is 31.2 Å². The molecule has 0 aliphatic rings. The maximum atomic E-state index is 12.2. The summed E-state index contributed by atoms with van der Waals surface area (Å²) in [6.07, 6.45) is 1.50. The number of carbonyl (C=O) groups is 1. The van der Waals surface area contributed by atoms with Crippen LogP contribution in [0.4, 0.5) is 0 Å². The monoisotopic (exact) mass is 359 g/mol. The summed E-state index contributed by atoms with van der Waals surface area (Å²) >= 11 is 7.35. The van der Waals surface area contributed by atoms with Crippen LogP contribution in [-0.4, -0.2) is 17.4 Å². The number of halogens is 2. The van der Waals surface area contributed by atoms with Crippen LogP contribution in [0.2, 0.25) is 5.02 Å². The molecule has 120 valence electrons. The summed E-state index contributed by atoms with van der Waals surface area (Å²) in [5, 5.41) is 6.35. The van der Waals surface area contributed by atoms with Crippen LogP contribution in [0.1, 0.15) is 40.4 Å². The highest BCUT2D eigenvalue weighted by atomic mass is 35.5. The van der Waals surface area contributed by atoms with Crippen molar-refractivity contribution in [1.29, 1.82) is 0 Å². The Kier molecular flexibility index (Phi) is 7.82. The minimum Gasteiger partial charge on any atom is -0.344 e. The molecule has 1 atom stereocenters. The van der Waals surface area contributed by atoms with Crippen LogP contribution in [0.5, 0.6) is 0 Å². The van der Waals surface area contributed by atoms with Gasteiger partial charge in [0.15, 0.2) is 0 Å². The third kappa shape index (κ3) is 4.95. The third-order valence-electron chi connectivity index (χ3n) is 3.13. The molecular weight excluding hydrogens is 341 g/mol. The molecule has 0 aliphatic heterocycles. The predicted octanol–water partition coefficient (Wildman–Crippen LogP) is 3.60. The third-order valence-corrected chi connectivity index (χ3v) is 4.29. The van der Waals surface area contributed by atoms with Gasteiger partial charge in [0.1, 0.15) is 5.69 Å². The smallest absolute Gasteiger partial charge is 0.271 e. The lowest BCUT2D eigenvalue weighted by molar-refractivity contribution is 0.0931. The molecule has 7 heteroatoms. The van der Waals surface area contributed by atoms with Gasteiger partial charge < -0.3 is 11.1 Å². The van der Waals surface area contributed by atoms with E-state index in [-0.39, 0.29) is 24.4 Å². The van der Waals surface area contributed by atoms with Crippen molar-refractivity contribution >= 4 is 41.3 Å². The van der Waals surface area contributed by atoms with Gasteiger partial charge >= 0.3 is 0 Å². The Morgan fingerprint density at radius 1 is 1.41 bits per heavy atom. The first-order valence-corrected chi connectivity index (χ1v) is 8.10. The van der Waals surface area contributed by atoms with Crippen LogP contribution < -0.4 is 11.1 Å². The standard InChI is InChI=1S/C15H18ClN3OS.ClH/c1-2-12(10-3-5-11(16)6-4-10)19-15(20)13-9-21-14(18-13)7-8-17;/h3-6,9,12H,2,7-8,17H2,1H3,(H,19,20);1H. The van der Waals surface area contributed by atoms with E-state index in [2.05, 4.69) is 10.3 Å². The highest BCUT2D eigenvalue weighted by molar-refractivity contribution is 7.09. The Labute approximate surface area is 145 Å². The molecule has 0 saturated heterocycles. The van der Waals surface area contributed by atoms with Crippen molar-refractivity contribution in [2.45, 2.75) is 25.8 Å². The number of nitrogens with two attached hydrogens (primary N) is 1. The number of carbonyl (C=O) groups excluding carboxylic acids is 1. The van der Waals surface area contributed by atoms with E-state index in [0.29, 0.717) is 23.7 Å². The first-order valence-electron chi connectivity index (χ1n) is 6.84. The zero-order valence-electron chi connectivity index (χ0n) is 12.2. The Morgan fingerprint density at radius 2 is 2.09 bits per heavy atom. The van der Waals surface area contributed by atoms with E-state index < -0.39 is 0 Å². The molecule has 0 saturated carbocycles. The summed E-state index contributed by atoms with van der Waals surface area (Å²) in [6.45, 7) is 2.57. The molecule has 0 bridgehead atoms. The maximum Gasteiger partial charge on any atom is 0.271 e. The summed E-state index contributed by atoms with van der Waals surface area (Å²) in [5.74, 6) is -0.156. The van der Waals surface area contributed by atoms with Gasteiger partial charge in [0, 0.05) is 16.8 Å². The molecule has 1 aromatic carbocycles. The van der Waals surface area contributed by atoms with Crippen molar-refractivity contribution in [1.82, 2.24) is 10.3 Å². The van der Waals surface area contributed by atoms with E-state index >= 15 is 0 Å². The fourth-order valence-electron chi connectivity index (χ4n) is 2.00. The second-order valence-electron chi connectivity index (χ2n) is 4.65. The highest BCUT2D eigenvalue weighted by Gasteiger charge is 2.16. The van der Waals surface area contributed by atoms with Crippen LogP contribution in [0.25, 0.3) is 0 Å². The van der Waals surface area contributed by atoms with Crippen molar-refractivity contribution in [3.8, 4) is 0 Å². The topological polar surface area (TPSA) is 68.0 Å². The molecule has 4 nitrogen and oxygen atoms in total. The number of hydrogen-bond donors (Lipinski definition) is 2. The normalized spacial score (nSPS) is 11.6. The fourth-order valence-corrected chi connectivity index (χ4v) is 2.92. The largest absolute Gasteiger partial charge is 0.344 e. The number of benzene rings is 1.